The highest BCUT2D eigenvalue weighted by atomic mass is 35.5. The molecule has 188 valence electrons. The lowest BCUT2D eigenvalue weighted by Gasteiger charge is -2.16. The average molecular weight is 540 g/mol. The highest BCUT2D eigenvalue weighted by Crippen LogP contribution is 2.37. The molecule has 0 amide bonds. The number of aromatic nitrogens is 4. The van der Waals surface area contributed by atoms with E-state index in [1.165, 1.54) is 11.8 Å². The lowest BCUT2D eigenvalue weighted by Crippen LogP contribution is -2.21. The predicted molar refractivity (Wildman–Crippen MR) is 124 cm³/mol. The number of halogens is 4. The van der Waals surface area contributed by atoms with E-state index in [0.717, 1.165) is 10.6 Å². The van der Waals surface area contributed by atoms with Gasteiger partial charge >= 0.3 is 12.1 Å². The van der Waals surface area contributed by atoms with E-state index in [9.17, 15) is 18.3 Å². The van der Waals surface area contributed by atoms with Crippen molar-refractivity contribution in [3.8, 4) is 22.8 Å². The molecule has 0 fully saturated rings. The number of pyridine rings is 3. The second-order valence-corrected chi connectivity index (χ2v) is 9.09. The lowest BCUT2D eigenvalue weighted by atomic mass is 10.0. The zero-order chi connectivity index (χ0) is 26.5. The SMILES string of the molecule is CC(C)(O)c1ccc(-c2nc(-c3ccccn3)oc2Sc2ccc(Cl)c[nH+]2)cn1.O=C(O)C(F)(F)F. The van der Waals surface area contributed by atoms with E-state index in [4.69, 9.17) is 25.9 Å². The number of hydrogen-bond donors (Lipinski definition) is 2. The Morgan fingerprint density at radius 2 is 1.83 bits per heavy atom. The first kappa shape index (κ1) is 27.1. The fraction of sp³-hybridized carbons (Fsp3) is 0.174. The van der Waals surface area contributed by atoms with E-state index in [1.54, 1.807) is 44.6 Å². The van der Waals surface area contributed by atoms with E-state index < -0.39 is 17.7 Å². The second kappa shape index (κ2) is 11.1. The van der Waals surface area contributed by atoms with Gasteiger partial charge in [0.25, 0.3) is 0 Å². The molecule has 0 saturated carbocycles. The number of hydrogen-bond acceptors (Lipinski definition) is 7. The van der Waals surface area contributed by atoms with E-state index in [-0.39, 0.29) is 0 Å². The van der Waals surface area contributed by atoms with Crippen LogP contribution in [0.5, 0.6) is 0 Å². The molecular formula is C23H19ClF3N4O4S+. The minimum Gasteiger partial charge on any atom is -0.475 e. The molecule has 0 aliphatic rings. The molecule has 0 aromatic carbocycles. The van der Waals surface area contributed by atoms with Crippen molar-refractivity contribution in [2.45, 2.75) is 35.7 Å². The summed E-state index contributed by atoms with van der Waals surface area (Å²) in [5.41, 5.74) is 1.63. The number of carboxylic acid groups (broad SMARTS) is 1. The number of nitrogens with one attached hydrogen (secondary N) is 1. The van der Waals surface area contributed by atoms with Gasteiger partial charge in [-0.1, -0.05) is 17.7 Å². The molecule has 4 heterocycles. The third kappa shape index (κ3) is 7.26. The maximum absolute atomic E-state index is 10.6. The van der Waals surface area contributed by atoms with Crippen LogP contribution < -0.4 is 4.98 Å². The number of carbonyl (C=O) groups is 1. The molecule has 0 spiro atoms. The van der Waals surface area contributed by atoms with Crippen molar-refractivity contribution < 1.29 is 37.6 Å². The van der Waals surface area contributed by atoms with Crippen molar-refractivity contribution in [3.05, 3.63) is 71.8 Å². The number of aliphatic hydroxyl groups is 1. The van der Waals surface area contributed by atoms with Gasteiger partial charge in [-0.2, -0.15) is 13.2 Å². The Morgan fingerprint density at radius 3 is 2.33 bits per heavy atom. The van der Waals surface area contributed by atoms with Crippen LogP contribution in [0, 0.1) is 0 Å². The van der Waals surface area contributed by atoms with Crippen LogP contribution in [0.1, 0.15) is 19.5 Å². The van der Waals surface area contributed by atoms with Crippen LogP contribution in [-0.4, -0.2) is 37.3 Å². The Kier molecular flexibility index (Phi) is 8.33. The summed E-state index contributed by atoms with van der Waals surface area (Å²) in [5.74, 6) is -2.34. The Labute approximate surface area is 212 Å². The summed E-state index contributed by atoms with van der Waals surface area (Å²) in [6.45, 7) is 3.39. The third-order valence-corrected chi connectivity index (χ3v) is 5.51. The number of rotatable bonds is 5. The Hall–Kier alpha value is -3.48. The molecule has 0 unspecified atom stereocenters. The minimum absolute atomic E-state index is 0.420. The van der Waals surface area contributed by atoms with Crippen molar-refractivity contribution in [1.82, 2.24) is 15.0 Å². The summed E-state index contributed by atoms with van der Waals surface area (Å²) in [6.07, 6.45) is 0.000937. The zero-order valence-electron chi connectivity index (χ0n) is 18.7. The summed E-state index contributed by atoms with van der Waals surface area (Å²) in [4.78, 5) is 25.4. The number of aliphatic carboxylic acids is 1. The number of nitrogens with zero attached hydrogens (tertiary/aromatic N) is 3. The quantitative estimate of drug-likeness (QED) is 0.351. The molecule has 4 rings (SSSR count). The van der Waals surface area contributed by atoms with Crippen LogP contribution >= 0.6 is 23.4 Å². The molecule has 0 saturated heterocycles. The van der Waals surface area contributed by atoms with Crippen LogP contribution in [0.4, 0.5) is 13.2 Å². The Balaban J connectivity index is 0.000000454. The van der Waals surface area contributed by atoms with Gasteiger partial charge in [-0.15, -0.1) is 0 Å². The van der Waals surface area contributed by atoms with Gasteiger partial charge in [0.15, 0.2) is 11.3 Å². The van der Waals surface area contributed by atoms with Gasteiger partial charge in [-0.3, -0.25) is 9.97 Å². The maximum Gasteiger partial charge on any atom is 0.490 e. The van der Waals surface area contributed by atoms with E-state index in [2.05, 4.69) is 19.9 Å². The van der Waals surface area contributed by atoms with Crippen LogP contribution in [-0.2, 0) is 10.4 Å². The summed E-state index contributed by atoms with van der Waals surface area (Å²) >= 11 is 7.36. The maximum atomic E-state index is 10.6. The first-order valence-corrected chi connectivity index (χ1v) is 11.3. The molecule has 0 aliphatic heterocycles. The highest BCUT2D eigenvalue weighted by molar-refractivity contribution is 7.99. The molecule has 4 aromatic rings. The fourth-order valence-electron chi connectivity index (χ4n) is 2.61. The normalized spacial score (nSPS) is 11.5. The smallest absolute Gasteiger partial charge is 0.475 e. The first-order valence-electron chi connectivity index (χ1n) is 10.1. The summed E-state index contributed by atoms with van der Waals surface area (Å²) in [6, 6.07) is 12.9. The van der Waals surface area contributed by atoms with Gasteiger partial charge in [-0.05, 0) is 44.2 Å². The van der Waals surface area contributed by atoms with Gasteiger partial charge in [0.1, 0.15) is 22.0 Å². The van der Waals surface area contributed by atoms with Crippen LogP contribution in [0.15, 0.2) is 75.6 Å². The standard InChI is InChI=1S/C21H17ClN4O2S.C2HF3O2/c1-21(2,27)16-8-6-13(11-24-16)18-20(29-17-9-7-14(22)12-25-17)28-19(26-18)15-5-3-4-10-23-15;3-2(4,5)1(6)7/h3-12,27H,1-2H3;(H,6,7)/p+1. The molecule has 0 atom stereocenters. The molecule has 0 bridgehead atoms. The molecule has 8 nitrogen and oxygen atoms in total. The summed E-state index contributed by atoms with van der Waals surface area (Å²) in [5, 5.41) is 19.3. The second-order valence-electron chi connectivity index (χ2n) is 7.64. The van der Waals surface area contributed by atoms with Gasteiger partial charge < -0.3 is 14.6 Å². The summed E-state index contributed by atoms with van der Waals surface area (Å²) in [7, 11) is 0. The first-order chi connectivity index (χ1) is 16.8. The van der Waals surface area contributed by atoms with Gasteiger partial charge in [0.2, 0.25) is 10.9 Å². The molecule has 4 aromatic heterocycles. The number of oxazole rings is 1. The minimum atomic E-state index is -5.08. The van der Waals surface area contributed by atoms with E-state index >= 15 is 0 Å². The van der Waals surface area contributed by atoms with E-state index in [0.29, 0.717) is 33.1 Å². The zero-order valence-corrected chi connectivity index (χ0v) is 20.3. The third-order valence-electron chi connectivity index (χ3n) is 4.34. The van der Waals surface area contributed by atoms with Crippen LogP contribution in [0.25, 0.3) is 22.8 Å². The van der Waals surface area contributed by atoms with Crippen LogP contribution in [0.3, 0.4) is 0 Å². The van der Waals surface area contributed by atoms with E-state index in [1.807, 2.05) is 30.3 Å². The monoisotopic (exact) mass is 539 g/mol. The van der Waals surface area contributed by atoms with Crippen molar-refractivity contribution >= 4 is 29.3 Å². The molecule has 0 aliphatic carbocycles. The van der Waals surface area contributed by atoms with Crippen molar-refractivity contribution in [2.75, 3.05) is 0 Å². The van der Waals surface area contributed by atoms with Crippen molar-refractivity contribution in [1.29, 1.82) is 0 Å². The average Bonchev–Trinajstić information content (AvgIpc) is 3.24. The van der Waals surface area contributed by atoms with Crippen molar-refractivity contribution in [3.63, 3.8) is 0 Å². The molecule has 36 heavy (non-hydrogen) atoms. The number of H-pyrrole nitrogens is 1. The lowest BCUT2D eigenvalue weighted by molar-refractivity contribution is -0.426. The fourth-order valence-corrected chi connectivity index (χ4v) is 3.56. The number of alkyl halides is 3. The van der Waals surface area contributed by atoms with Gasteiger partial charge in [0, 0.05) is 35.8 Å². The largest absolute Gasteiger partial charge is 0.490 e. The topological polar surface area (TPSA) is 123 Å². The highest BCUT2D eigenvalue weighted by Gasteiger charge is 2.38. The molecule has 13 heteroatoms. The molecular weight excluding hydrogens is 521 g/mol. The number of carboxylic acids is 1. The van der Waals surface area contributed by atoms with Crippen LogP contribution in [0.2, 0.25) is 5.02 Å². The van der Waals surface area contributed by atoms with Gasteiger partial charge in [-0.25, -0.2) is 14.8 Å². The van der Waals surface area contributed by atoms with Gasteiger partial charge in [0.05, 0.1) is 5.69 Å². The summed E-state index contributed by atoms with van der Waals surface area (Å²) < 4.78 is 37.8. The molecule has 0 radical (unpaired) electrons. The van der Waals surface area contributed by atoms with Crippen molar-refractivity contribution in [2.24, 2.45) is 0 Å². The number of aromatic amines is 1. The predicted octanol–water partition coefficient (Wildman–Crippen LogP) is 5.28. The Morgan fingerprint density at radius 1 is 1.11 bits per heavy atom. The Bertz CT molecular complexity index is 1310. The molecule has 3 N–H and O–H groups in total.